The second kappa shape index (κ2) is 6.78. The molecule has 7 nitrogen and oxygen atoms in total. The van der Waals surface area contributed by atoms with E-state index in [1.54, 1.807) is 18.4 Å². The predicted octanol–water partition coefficient (Wildman–Crippen LogP) is 1.66. The van der Waals surface area contributed by atoms with Crippen LogP contribution in [0.25, 0.3) is 10.9 Å². The first-order chi connectivity index (χ1) is 14.3. The molecular formula is C22H26FN3O4. The van der Waals surface area contributed by atoms with Gasteiger partial charge in [0.25, 0.3) is 5.56 Å². The zero-order valence-corrected chi connectivity index (χ0v) is 17.1. The van der Waals surface area contributed by atoms with Gasteiger partial charge in [0.1, 0.15) is 0 Å². The Morgan fingerprint density at radius 1 is 1.13 bits per heavy atom. The lowest BCUT2D eigenvalue weighted by Crippen LogP contribution is -2.35. The van der Waals surface area contributed by atoms with Crippen LogP contribution < -0.4 is 16.1 Å². The number of anilines is 1. The van der Waals surface area contributed by atoms with Crippen molar-refractivity contribution in [1.29, 1.82) is 0 Å². The highest BCUT2D eigenvalue weighted by molar-refractivity contribution is 5.90. The quantitative estimate of drug-likeness (QED) is 0.648. The van der Waals surface area contributed by atoms with Gasteiger partial charge in [0.15, 0.2) is 5.82 Å². The summed E-state index contributed by atoms with van der Waals surface area (Å²) in [7, 11) is 0. The fourth-order valence-electron chi connectivity index (χ4n) is 5.24. The van der Waals surface area contributed by atoms with E-state index in [0.29, 0.717) is 42.7 Å². The van der Waals surface area contributed by atoms with Crippen molar-refractivity contribution < 1.29 is 14.6 Å². The number of nitrogens with one attached hydrogen (secondary N) is 1. The Hall–Kier alpha value is -2.45. The maximum absolute atomic E-state index is 15.6. The predicted molar refractivity (Wildman–Crippen MR) is 112 cm³/mol. The first-order valence-corrected chi connectivity index (χ1v) is 10.6. The number of halogens is 1. The smallest absolute Gasteiger partial charge is 0.329 e. The number of benzene rings is 1. The highest BCUT2D eigenvalue weighted by atomic mass is 19.1. The number of aryl methyl sites for hydroxylation is 2. The van der Waals surface area contributed by atoms with Crippen molar-refractivity contribution in [3.8, 4) is 0 Å². The van der Waals surface area contributed by atoms with Crippen molar-refractivity contribution in [2.45, 2.75) is 57.8 Å². The lowest BCUT2D eigenvalue weighted by atomic mass is 9.94. The molecule has 0 bridgehead atoms. The third-order valence-corrected chi connectivity index (χ3v) is 6.94. The lowest BCUT2D eigenvalue weighted by Gasteiger charge is -2.26. The van der Waals surface area contributed by atoms with Gasteiger partial charge >= 0.3 is 5.69 Å². The molecule has 1 saturated carbocycles. The number of fused-ring (bicyclic) bond motifs is 2. The van der Waals surface area contributed by atoms with Crippen LogP contribution in [0.1, 0.15) is 42.9 Å². The summed E-state index contributed by atoms with van der Waals surface area (Å²) in [5.74, 6) is -0.735. The standard InChI is InChI=1S/C22H26FN3O4/c1-10-16-18(26(13-6-7-13)22(30)24-21(16)29)11(2)19(17(10)23)25-8-12-4-3-5-15(27)20(28)14(12)9-25/h4,13-15,20,27-28H,3,5-9H2,1-2H3,(H,24,29,30). The largest absolute Gasteiger partial charge is 0.390 e. The Kier molecular flexibility index (Phi) is 4.41. The van der Waals surface area contributed by atoms with E-state index < -0.39 is 29.3 Å². The van der Waals surface area contributed by atoms with Gasteiger partial charge in [-0.05, 0) is 45.1 Å². The van der Waals surface area contributed by atoms with Crippen LogP contribution in [0.4, 0.5) is 10.1 Å². The number of aromatic nitrogens is 2. The van der Waals surface area contributed by atoms with Gasteiger partial charge in [-0.3, -0.25) is 14.3 Å². The molecule has 1 saturated heterocycles. The number of hydrogen-bond donors (Lipinski definition) is 3. The molecule has 1 aromatic heterocycles. The number of aliphatic hydroxyl groups is 2. The highest BCUT2D eigenvalue weighted by Gasteiger charge is 2.39. The first kappa shape index (κ1) is 19.5. The van der Waals surface area contributed by atoms with Gasteiger partial charge < -0.3 is 15.1 Å². The highest BCUT2D eigenvalue weighted by Crippen LogP contribution is 2.42. The molecule has 5 rings (SSSR count). The van der Waals surface area contributed by atoms with Crippen molar-refractivity contribution >= 4 is 16.6 Å². The maximum Gasteiger partial charge on any atom is 0.329 e. The molecule has 3 unspecified atom stereocenters. The van der Waals surface area contributed by atoms with Crippen LogP contribution in [-0.2, 0) is 0 Å². The average molecular weight is 415 g/mol. The third-order valence-electron chi connectivity index (χ3n) is 6.94. The van der Waals surface area contributed by atoms with Gasteiger partial charge in [-0.15, -0.1) is 0 Å². The van der Waals surface area contributed by atoms with Gasteiger partial charge in [0, 0.05) is 36.2 Å². The second-order valence-electron chi connectivity index (χ2n) is 8.90. The van der Waals surface area contributed by atoms with E-state index in [9.17, 15) is 19.8 Å². The molecule has 2 aromatic rings. The van der Waals surface area contributed by atoms with Gasteiger partial charge in [0.05, 0.1) is 28.8 Å². The molecule has 0 amide bonds. The number of allylic oxidation sites excluding steroid dienone is 1. The number of aromatic amines is 1. The number of H-pyrrole nitrogens is 1. The summed E-state index contributed by atoms with van der Waals surface area (Å²) in [5.41, 5.74) is 1.64. The molecule has 2 fully saturated rings. The lowest BCUT2D eigenvalue weighted by molar-refractivity contribution is -0.00415. The fourth-order valence-corrected chi connectivity index (χ4v) is 5.24. The summed E-state index contributed by atoms with van der Waals surface area (Å²) in [5, 5.41) is 20.9. The Labute approximate surface area is 172 Å². The van der Waals surface area contributed by atoms with Crippen LogP contribution >= 0.6 is 0 Å². The van der Waals surface area contributed by atoms with E-state index in [1.807, 2.05) is 11.0 Å². The normalized spacial score (nSPS) is 26.6. The molecule has 1 aliphatic heterocycles. The van der Waals surface area contributed by atoms with Crippen molar-refractivity contribution in [3.05, 3.63) is 49.4 Å². The molecule has 0 radical (unpaired) electrons. The van der Waals surface area contributed by atoms with Gasteiger partial charge in [0.2, 0.25) is 0 Å². The van der Waals surface area contributed by atoms with Crippen LogP contribution in [0.2, 0.25) is 0 Å². The average Bonchev–Trinajstić information content (AvgIpc) is 3.46. The van der Waals surface area contributed by atoms with E-state index in [4.69, 9.17) is 0 Å². The van der Waals surface area contributed by atoms with Crippen LogP contribution in [0.3, 0.4) is 0 Å². The van der Waals surface area contributed by atoms with Gasteiger partial charge in [-0.2, -0.15) is 0 Å². The topological polar surface area (TPSA) is 98.6 Å². The van der Waals surface area contributed by atoms with Crippen molar-refractivity contribution in [2.24, 2.45) is 5.92 Å². The molecule has 2 aliphatic carbocycles. The fraction of sp³-hybridized carbons (Fsp3) is 0.545. The monoisotopic (exact) mass is 415 g/mol. The van der Waals surface area contributed by atoms with E-state index >= 15 is 4.39 Å². The summed E-state index contributed by atoms with van der Waals surface area (Å²) in [6.45, 7) is 4.16. The number of rotatable bonds is 2. The van der Waals surface area contributed by atoms with E-state index in [0.717, 1.165) is 18.4 Å². The van der Waals surface area contributed by atoms with Crippen LogP contribution in [0.15, 0.2) is 21.2 Å². The van der Waals surface area contributed by atoms with Crippen molar-refractivity contribution in [2.75, 3.05) is 18.0 Å². The second-order valence-corrected chi connectivity index (χ2v) is 8.90. The minimum atomic E-state index is -0.888. The Balaban J connectivity index is 1.71. The van der Waals surface area contributed by atoms with Crippen LogP contribution in [0.5, 0.6) is 0 Å². The molecule has 0 spiro atoms. The molecular weight excluding hydrogens is 389 g/mol. The molecule has 1 aromatic carbocycles. The zero-order valence-electron chi connectivity index (χ0n) is 17.1. The van der Waals surface area contributed by atoms with Crippen molar-refractivity contribution in [1.82, 2.24) is 9.55 Å². The van der Waals surface area contributed by atoms with E-state index in [2.05, 4.69) is 4.98 Å². The minimum absolute atomic E-state index is 0.0256. The number of nitrogens with zero attached hydrogens (tertiary/aromatic N) is 2. The Bertz CT molecular complexity index is 1190. The maximum atomic E-state index is 15.6. The van der Waals surface area contributed by atoms with E-state index in [-0.39, 0.29) is 22.9 Å². The van der Waals surface area contributed by atoms with Crippen LogP contribution in [0, 0.1) is 25.6 Å². The zero-order chi connectivity index (χ0) is 21.3. The molecule has 30 heavy (non-hydrogen) atoms. The van der Waals surface area contributed by atoms with Gasteiger partial charge in [-0.25, -0.2) is 9.18 Å². The van der Waals surface area contributed by atoms with Gasteiger partial charge in [-0.1, -0.05) is 6.08 Å². The first-order valence-electron chi connectivity index (χ1n) is 10.6. The number of aliphatic hydroxyl groups excluding tert-OH is 2. The summed E-state index contributed by atoms with van der Waals surface area (Å²) < 4.78 is 17.2. The Morgan fingerprint density at radius 2 is 1.87 bits per heavy atom. The van der Waals surface area contributed by atoms with E-state index in [1.165, 1.54) is 0 Å². The summed E-state index contributed by atoms with van der Waals surface area (Å²) >= 11 is 0. The SMILES string of the molecule is Cc1c(F)c(N2CC3=CCCC(O)C(O)C3C2)c(C)c2c1c(=O)[nH]c(=O)n2C1CC1. The molecule has 3 aliphatic rings. The molecule has 8 heteroatoms. The third kappa shape index (κ3) is 2.77. The molecule has 160 valence electrons. The van der Waals surface area contributed by atoms with Crippen LogP contribution in [-0.4, -0.2) is 45.1 Å². The molecule has 2 heterocycles. The summed E-state index contributed by atoms with van der Waals surface area (Å²) in [6.07, 6.45) is 3.25. The number of hydrogen-bond acceptors (Lipinski definition) is 5. The Morgan fingerprint density at radius 3 is 2.57 bits per heavy atom. The molecule has 3 atom stereocenters. The molecule has 3 N–H and O–H groups in total. The van der Waals surface area contributed by atoms with Crippen molar-refractivity contribution in [3.63, 3.8) is 0 Å². The minimum Gasteiger partial charge on any atom is -0.390 e. The summed E-state index contributed by atoms with van der Waals surface area (Å²) in [6, 6.07) is 0.0256. The summed E-state index contributed by atoms with van der Waals surface area (Å²) in [4.78, 5) is 29.3.